The lowest BCUT2D eigenvalue weighted by molar-refractivity contribution is 1.27. The number of fused-ring (bicyclic) bond motifs is 7. The van der Waals surface area contributed by atoms with E-state index >= 15 is 0 Å². The van der Waals surface area contributed by atoms with Crippen LogP contribution in [0.2, 0.25) is 0 Å². The number of pyridine rings is 1. The second-order valence-electron chi connectivity index (χ2n) is 8.59. The van der Waals surface area contributed by atoms with Crippen LogP contribution >= 0.6 is 0 Å². The molecule has 7 aromatic rings. The fourth-order valence-corrected chi connectivity index (χ4v) is 5.34. The summed E-state index contributed by atoms with van der Waals surface area (Å²) < 4.78 is 2.47. The molecular weight excluding hydrogens is 398 g/mol. The molecule has 1 nitrogen and oxygen atoms in total. The molecule has 0 saturated heterocycles. The summed E-state index contributed by atoms with van der Waals surface area (Å²) in [5, 5.41) is 6.41. The molecule has 0 aliphatic heterocycles. The summed E-state index contributed by atoms with van der Waals surface area (Å²) in [7, 11) is 0. The first-order valence-electron chi connectivity index (χ1n) is 11.4. The highest BCUT2D eigenvalue weighted by Gasteiger charge is 2.20. The first-order valence-corrected chi connectivity index (χ1v) is 11.4. The predicted molar refractivity (Wildman–Crippen MR) is 141 cm³/mol. The summed E-state index contributed by atoms with van der Waals surface area (Å²) in [6, 6.07) is 46.0. The maximum Gasteiger partial charge on any atom is 0.0619 e. The topological polar surface area (TPSA) is 4.41 Å². The largest absolute Gasteiger partial charge is 0.308 e. The Balaban J connectivity index is 1.84. The number of para-hydroxylation sites is 1. The third kappa shape index (κ3) is 2.66. The van der Waals surface area contributed by atoms with Gasteiger partial charge in [-0.05, 0) is 39.4 Å². The second kappa shape index (κ2) is 7.08. The Morgan fingerprint density at radius 1 is 0.424 bits per heavy atom. The molecule has 33 heavy (non-hydrogen) atoms. The Hall–Kier alpha value is -4.36. The van der Waals surface area contributed by atoms with Crippen molar-refractivity contribution in [2.75, 3.05) is 0 Å². The van der Waals surface area contributed by atoms with Gasteiger partial charge >= 0.3 is 0 Å². The van der Waals surface area contributed by atoms with Crippen LogP contribution in [0.1, 0.15) is 0 Å². The molecule has 0 unspecified atom stereocenters. The number of aromatic nitrogens is 1. The van der Waals surface area contributed by atoms with E-state index in [0.717, 1.165) is 0 Å². The minimum atomic E-state index is 1.22. The molecule has 0 bridgehead atoms. The van der Waals surface area contributed by atoms with Crippen molar-refractivity contribution in [1.29, 1.82) is 0 Å². The zero-order chi connectivity index (χ0) is 21.8. The summed E-state index contributed by atoms with van der Waals surface area (Å²) in [6.45, 7) is 0. The minimum Gasteiger partial charge on any atom is -0.308 e. The van der Waals surface area contributed by atoms with Crippen LogP contribution < -0.4 is 0 Å². The molecule has 2 aromatic heterocycles. The van der Waals surface area contributed by atoms with E-state index in [2.05, 4.69) is 132 Å². The van der Waals surface area contributed by atoms with Gasteiger partial charge in [-0.15, -0.1) is 0 Å². The molecular formula is C32H21N. The maximum atomic E-state index is 2.47. The van der Waals surface area contributed by atoms with Crippen LogP contribution in [-0.2, 0) is 0 Å². The van der Waals surface area contributed by atoms with Crippen molar-refractivity contribution in [3.63, 3.8) is 0 Å². The lowest BCUT2D eigenvalue weighted by Gasteiger charge is -2.19. The lowest BCUT2D eigenvalue weighted by Crippen LogP contribution is -1.98. The molecule has 0 fully saturated rings. The quantitative estimate of drug-likeness (QED) is 0.247. The summed E-state index contributed by atoms with van der Waals surface area (Å²) >= 11 is 0. The van der Waals surface area contributed by atoms with Crippen LogP contribution in [-0.4, -0.2) is 4.40 Å². The van der Waals surface area contributed by atoms with Crippen molar-refractivity contribution in [3.8, 4) is 22.4 Å². The molecule has 154 valence electrons. The smallest absolute Gasteiger partial charge is 0.0619 e. The van der Waals surface area contributed by atoms with Gasteiger partial charge in [0.1, 0.15) is 0 Å². The van der Waals surface area contributed by atoms with Gasteiger partial charge in [0, 0.05) is 16.3 Å². The summed E-state index contributed by atoms with van der Waals surface area (Å²) in [6.07, 6.45) is 0. The second-order valence-corrected chi connectivity index (χ2v) is 8.59. The van der Waals surface area contributed by atoms with E-state index in [-0.39, 0.29) is 0 Å². The van der Waals surface area contributed by atoms with Gasteiger partial charge in [-0.2, -0.15) is 0 Å². The Kier molecular flexibility index (Phi) is 3.91. The molecule has 5 aromatic carbocycles. The predicted octanol–water partition coefficient (Wildman–Crippen LogP) is 8.73. The van der Waals surface area contributed by atoms with Gasteiger partial charge in [-0.1, -0.05) is 115 Å². The zero-order valence-electron chi connectivity index (χ0n) is 18.1. The highest BCUT2D eigenvalue weighted by atomic mass is 14.9. The molecule has 1 heteroatoms. The normalized spacial score (nSPS) is 11.6. The summed E-state index contributed by atoms with van der Waals surface area (Å²) in [5.41, 5.74) is 7.45. The fourth-order valence-electron chi connectivity index (χ4n) is 5.34. The molecule has 0 atom stereocenters. The van der Waals surface area contributed by atoms with E-state index in [0.29, 0.717) is 0 Å². The molecule has 2 heterocycles. The Morgan fingerprint density at radius 3 is 1.85 bits per heavy atom. The zero-order valence-corrected chi connectivity index (χ0v) is 18.1. The number of rotatable bonds is 2. The minimum absolute atomic E-state index is 1.22. The van der Waals surface area contributed by atoms with Gasteiger partial charge in [0.25, 0.3) is 0 Å². The monoisotopic (exact) mass is 419 g/mol. The molecule has 0 radical (unpaired) electrons. The fraction of sp³-hybridized carbons (Fsp3) is 0. The van der Waals surface area contributed by atoms with E-state index in [1.165, 1.54) is 60.3 Å². The highest BCUT2D eigenvalue weighted by Crippen LogP contribution is 2.44. The van der Waals surface area contributed by atoms with E-state index in [4.69, 9.17) is 0 Å². The molecule has 7 rings (SSSR count). The average molecular weight is 420 g/mol. The first kappa shape index (κ1) is 18.2. The van der Waals surface area contributed by atoms with Gasteiger partial charge in [0.2, 0.25) is 0 Å². The third-order valence-corrected chi connectivity index (χ3v) is 6.74. The van der Waals surface area contributed by atoms with Crippen molar-refractivity contribution in [2.45, 2.75) is 0 Å². The Morgan fingerprint density at radius 2 is 1.06 bits per heavy atom. The Bertz CT molecular complexity index is 1790. The number of hydrogen-bond acceptors (Lipinski definition) is 0. The Labute approximate surface area is 192 Å². The third-order valence-electron chi connectivity index (χ3n) is 6.74. The number of nitrogens with zero attached hydrogens (tertiary/aromatic N) is 1. The van der Waals surface area contributed by atoms with Crippen LogP contribution in [0.15, 0.2) is 127 Å². The van der Waals surface area contributed by atoms with Crippen LogP contribution in [0.25, 0.3) is 60.3 Å². The standard InChI is InChI=1S/C32H21N/c1-3-12-23(13-4-1)30-27-20-19-22-11-7-9-17-26(22)31(27)29-21-25-16-8-10-18-28(25)33(29)32(30)24-14-5-2-6-15-24/h1-21H. The average Bonchev–Trinajstić information content (AvgIpc) is 3.28. The van der Waals surface area contributed by atoms with Gasteiger partial charge in [-0.25, -0.2) is 0 Å². The van der Waals surface area contributed by atoms with Crippen molar-refractivity contribution in [2.24, 2.45) is 0 Å². The SMILES string of the molecule is c1ccc(-c2c(-c3ccccc3)n3c4ccccc4cc3c3c2ccc2ccccc23)cc1. The van der Waals surface area contributed by atoms with Crippen molar-refractivity contribution in [3.05, 3.63) is 127 Å². The number of hydrogen-bond donors (Lipinski definition) is 0. The summed E-state index contributed by atoms with van der Waals surface area (Å²) in [5.74, 6) is 0. The van der Waals surface area contributed by atoms with E-state index in [1.54, 1.807) is 0 Å². The molecule has 0 saturated carbocycles. The van der Waals surface area contributed by atoms with E-state index in [1.807, 2.05) is 0 Å². The van der Waals surface area contributed by atoms with E-state index in [9.17, 15) is 0 Å². The van der Waals surface area contributed by atoms with Crippen molar-refractivity contribution in [1.82, 2.24) is 4.40 Å². The molecule has 0 aliphatic rings. The van der Waals surface area contributed by atoms with Gasteiger partial charge < -0.3 is 4.40 Å². The molecule has 0 N–H and O–H groups in total. The molecule has 0 aliphatic carbocycles. The van der Waals surface area contributed by atoms with Crippen LogP contribution in [0.4, 0.5) is 0 Å². The van der Waals surface area contributed by atoms with Gasteiger partial charge in [0.05, 0.1) is 16.7 Å². The lowest BCUT2D eigenvalue weighted by atomic mass is 9.91. The maximum absolute atomic E-state index is 2.47. The molecule has 0 amide bonds. The summed E-state index contributed by atoms with van der Waals surface area (Å²) in [4.78, 5) is 0. The van der Waals surface area contributed by atoms with Gasteiger partial charge in [-0.3, -0.25) is 0 Å². The highest BCUT2D eigenvalue weighted by molar-refractivity contribution is 6.22. The number of benzene rings is 5. The van der Waals surface area contributed by atoms with Crippen molar-refractivity contribution >= 4 is 38.0 Å². The van der Waals surface area contributed by atoms with Gasteiger partial charge in [0.15, 0.2) is 0 Å². The van der Waals surface area contributed by atoms with Crippen molar-refractivity contribution < 1.29 is 0 Å². The molecule has 0 spiro atoms. The van der Waals surface area contributed by atoms with E-state index < -0.39 is 0 Å². The first-order chi connectivity index (χ1) is 16.4. The van der Waals surface area contributed by atoms with Crippen LogP contribution in [0.3, 0.4) is 0 Å². The van der Waals surface area contributed by atoms with Crippen LogP contribution in [0.5, 0.6) is 0 Å². The van der Waals surface area contributed by atoms with Crippen LogP contribution in [0, 0.1) is 0 Å².